The summed E-state index contributed by atoms with van der Waals surface area (Å²) in [6.07, 6.45) is -0.197. The van der Waals surface area contributed by atoms with E-state index in [1.807, 2.05) is 0 Å². The average molecular weight is 259 g/mol. The number of halogens is 1. The molecule has 0 radical (unpaired) electrons. The molecular weight excluding hydrogens is 249 g/mol. The van der Waals surface area contributed by atoms with E-state index < -0.39 is 16.5 Å². The predicted octanol–water partition coefficient (Wildman–Crippen LogP) is 3.16. The second-order valence-corrected chi connectivity index (χ2v) is 3.97. The van der Waals surface area contributed by atoms with E-state index in [2.05, 4.69) is 0 Å². The minimum atomic E-state index is -0.616. The van der Waals surface area contributed by atoms with E-state index in [-0.39, 0.29) is 23.2 Å². The molecule has 0 fully saturated rings. The number of nitro benzene ring substituents is 1. The first-order chi connectivity index (χ1) is 9.09. The Balaban J connectivity index is 2.31. The lowest BCUT2D eigenvalue weighted by atomic mass is 10.0. The van der Waals surface area contributed by atoms with Gasteiger partial charge >= 0.3 is 0 Å². The monoisotopic (exact) mass is 259 g/mol. The Bertz CT molecular complexity index is 640. The fraction of sp³-hybridized carbons (Fsp3) is 0.0714. The van der Waals surface area contributed by atoms with E-state index >= 15 is 0 Å². The van der Waals surface area contributed by atoms with Crippen molar-refractivity contribution in [2.24, 2.45) is 0 Å². The van der Waals surface area contributed by atoms with Gasteiger partial charge in [0, 0.05) is 12.5 Å². The summed E-state index contributed by atoms with van der Waals surface area (Å²) < 4.78 is 13.4. The summed E-state index contributed by atoms with van der Waals surface area (Å²) in [7, 11) is 0. The zero-order valence-corrected chi connectivity index (χ0v) is 9.88. The summed E-state index contributed by atoms with van der Waals surface area (Å²) in [5.74, 6) is -0.966. The molecule has 19 heavy (non-hydrogen) atoms. The van der Waals surface area contributed by atoms with Crippen molar-refractivity contribution in [2.75, 3.05) is 0 Å². The Kier molecular flexibility index (Phi) is 3.66. The van der Waals surface area contributed by atoms with Crippen LogP contribution in [0.3, 0.4) is 0 Å². The van der Waals surface area contributed by atoms with Crippen molar-refractivity contribution < 1.29 is 14.1 Å². The summed E-state index contributed by atoms with van der Waals surface area (Å²) in [5.41, 5.74) is -0.0368. The molecular formula is C14H10FNO3. The number of carbonyl (C=O) groups excluding carboxylic acids is 1. The molecule has 0 saturated heterocycles. The van der Waals surface area contributed by atoms with Crippen molar-refractivity contribution in [3.63, 3.8) is 0 Å². The third kappa shape index (κ3) is 2.82. The van der Waals surface area contributed by atoms with E-state index in [9.17, 15) is 19.3 Å². The fourth-order valence-corrected chi connectivity index (χ4v) is 1.78. The number of carbonyl (C=O) groups is 1. The van der Waals surface area contributed by atoms with E-state index in [1.54, 1.807) is 12.1 Å². The molecule has 0 N–H and O–H groups in total. The Hall–Kier alpha value is -2.56. The Morgan fingerprint density at radius 3 is 2.42 bits per heavy atom. The minimum absolute atomic E-state index is 0.00393. The standard InChI is InChI=1S/C14H10FNO3/c15-12-7-3-1-5-10(12)9-14(17)11-6-2-4-8-13(11)16(18)19/h1-8H,9H2. The Morgan fingerprint density at radius 1 is 1.11 bits per heavy atom. The van der Waals surface area contributed by atoms with E-state index in [0.29, 0.717) is 0 Å². The molecule has 0 heterocycles. The fourth-order valence-electron chi connectivity index (χ4n) is 1.78. The molecule has 0 amide bonds. The van der Waals surface area contributed by atoms with Crippen LogP contribution in [0.25, 0.3) is 0 Å². The number of ketones is 1. The highest BCUT2D eigenvalue weighted by molar-refractivity contribution is 6.01. The summed E-state index contributed by atoms with van der Waals surface area (Å²) in [5, 5.41) is 10.8. The van der Waals surface area contributed by atoms with Gasteiger partial charge in [-0.15, -0.1) is 0 Å². The Morgan fingerprint density at radius 2 is 1.74 bits per heavy atom. The first-order valence-electron chi connectivity index (χ1n) is 5.59. The molecule has 0 aliphatic heterocycles. The largest absolute Gasteiger partial charge is 0.294 e. The van der Waals surface area contributed by atoms with Crippen LogP contribution < -0.4 is 0 Å². The molecule has 0 bridgehead atoms. The van der Waals surface area contributed by atoms with Crippen molar-refractivity contribution in [1.82, 2.24) is 0 Å². The molecule has 0 aromatic heterocycles. The van der Waals surface area contributed by atoms with Crippen molar-refractivity contribution in [3.8, 4) is 0 Å². The van der Waals surface area contributed by atoms with E-state index in [4.69, 9.17) is 0 Å². The van der Waals surface area contributed by atoms with Crippen LogP contribution in [0, 0.1) is 15.9 Å². The van der Waals surface area contributed by atoms with Crippen LogP contribution in [-0.2, 0) is 6.42 Å². The van der Waals surface area contributed by atoms with Gasteiger partial charge in [0.05, 0.1) is 10.5 Å². The zero-order valence-electron chi connectivity index (χ0n) is 9.88. The van der Waals surface area contributed by atoms with Crippen LogP contribution in [0.5, 0.6) is 0 Å². The van der Waals surface area contributed by atoms with Crippen molar-refractivity contribution in [1.29, 1.82) is 0 Å². The molecule has 0 aliphatic rings. The number of nitrogens with zero attached hydrogens (tertiary/aromatic N) is 1. The maximum Gasteiger partial charge on any atom is 0.280 e. The lowest BCUT2D eigenvalue weighted by molar-refractivity contribution is -0.385. The van der Waals surface area contributed by atoms with Gasteiger partial charge in [-0.1, -0.05) is 30.3 Å². The van der Waals surface area contributed by atoms with Gasteiger partial charge in [0.2, 0.25) is 0 Å². The normalized spacial score (nSPS) is 10.2. The number of hydrogen-bond donors (Lipinski definition) is 0. The zero-order chi connectivity index (χ0) is 13.8. The Labute approximate surface area is 108 Å². The first kappa shape index (κ1) is 12.9. The highest BCUT2D eigenvalue weighted by atomic mass is 19.1. The van der Waals surface area contributed by atoms with Gasteiger partial charge in [0.15, 0.2) is 5.78 Å². The minimum Gasteiger partial charge on any atom is -0.294 e. The molecule has 0 aliphatic carbocycles. The number of benzene rings is 2. The maximum atomic E-state index is 13.4. The van der Waals surface area contributed by atoms with Gasteiger partial charge in [0.1, 0.15) is 5.82 Å². The molecule has 0 unspecified atom stereocenters. The first-order valence-corrected chi connectivity index (χ1v) is 5.59. The second kappa shape index (κ2) is 5.39. The number of rotatable bonds is 4. The molecule has 4 nitrogen and oxygen atoms in total. The van der Waals surface area contributed by atoms with Crippen LogP contribution in [0.2, 0.25) is 0 Å². The average Bonchev–Trinajstić information content (AvgIpc) is 2.41. The van der Waals surface area contributed by atoms with Crippen LogP contribution >= 0.6 is 0 Å². The van der Waals surface area contributed by atoms with Gasteiger partial charge in [0.25, 0.3) is 5.69 Å². The van der Waals surface area contributed by atoms with Crippen LogP contribution in [0.15, 0.2) is 48.5 Å². The van der Waals surface area contributed by atoms with Crippen molar-refractivity contribution >= 4 is 11.5 Å². The predicted molar refractivity (Wildman–Crippen MR) is 67.5 cm³/mol. The number of Topliss-reactive ketones (excluding diaryl/α,β-unsaturated/α-hetero) is 1. The summed E-state index contributed by atoms with van der Waals surface area (Å²) >= 11 is 0. The third-order valence-electron chi connectivity index (χ3n) is 2.71. The van der Waals surface area contributed by atoms with Gasteiger partial charge in [-0.3, -0.25) is 14.9 Å². The number of para-hydroxylation sites is 1. The SMILES string of the molecule is O=C(Cc1ccccc1F)c1ccccc1[N+](=O)[O-]. The van der Waals surface area contributed by atoms with Gasteiger partial charge in [-0.05, 0) is 17.7 Å². The van der Waals surface area contributed by atoms with E-state index in [1.165, 1.54) is 36.4 Å². The quantitative estimate of drug-likeness (QED) is 0.481. The van der Waals surface area contributed by atoms with Gasteiger partial charge < -0.3 is 0 Å². The second-order valence-electron chi connectivity index (χ2n) is 3.97. The van der Waals surface area contributed by atoms with Gasteiger partial charge in [-0.2, -0.15) is 0 Å². The highest BCUT2D eigenvalue weighted by Gasteiger charge is 2.19. The lowest BCUT2D eigenvalue weighted by Gasteiger charge is -2.03. The summed E-state index contributed by atoms with van der Waals surface area (Å²) in [4.78, 5) is 22.2. The van der Waals surface area contributed by atoms with Gasteiger partial charge in [-0.25, -0.2) is 4.39 Å². The maximum absolute atomic E-state index is 13.4. The molecule has 5 heteroatoms. The lowest BCUT2D eigenvalue weighted by Crippen LogP contribution is -2.08. The molecule has 0 atom stereocenters. The van der Waals surface area contributed by atoms with Crippen molar-refractivity contribution in [3.05, 3.63) is 75.6 Å². The summed E-state index contributed by atoms with van der Waals surface area (Å²) in [6.45, 7) is 0. The molecule has 0 saturated carbocycles. The van der Waals surface area contributed by atoms with Crippen LogP contribution in [0.4, 0.5) is 10.1 Å². The smallest absolute Gasteiger partial charge is 0.280 e. The highest BCUT2D eigenvalue weighted by Crippen LogP contribution is 2.20. The van der Waals surface area contributed by atoms with Crippen LogP contribution in [-0.4, -0.2) is 10.7 Å². The molecule has 2 aromatic rings. The molecule has 2 aromatic carbocycles. The molecule has 96 valence electrons. The van der Waals surface area contributed by atoms with Crippen molar-refractivity contribution in [2.45, 2.75) is 6.42 Å². The topological polar surface area (TPSA) is 60.2 Å². The number of hydrogen-bond acceptors (Lipinski definition) is 3. The number of nitro groups is 1. The molecule has 2 rings (SSSR count). The third-order valence-corrected chi connectivity index (χ3v) is 2.71. The summed E-state index contributed by atoms with van der Waals surface area (Å²) in [6, 6.07) is 11.5. The van der Waals surface area contributed by atoms with Crippen LogP contribution in [0.1, 0.15) is 15.9 Å². The molecule has 0 spiro atoms. The van der Waals surface area contributed by atoms with E-state index in [0.717, 1.165) is 0 Å².